The maximum absolute atomic E-state index is 12.1. The largest absolute Gasteiger partial charge is 0.488 e. The summed E-state index contributed by atoms with van der Waals surface area (Å²) in [5.74, 6) is -0.742. The lowest BCUT2D eigenvalue weighted by atomic mass is 9.96. The predicted octanol–water partition coefficient (Wildman–Crippen LogP) is 2.82. The second-order valence-electron chi connectivity index (χ2n) is 6.57. The minimum Gasteiger partial charge on any atom is -0.488 e. The van der Waals surface area contributed by atoms with E-state index in [4.69, 9.17) is 21.1 Å². The van der Waals surface area contributed by atoms with Gasteiger partial charge in [-0.25, -0.2) is 9.59 Å². The molecule has 3 amide bonds. The first-order valence-electron chi connectivity index (χ1n) is 8.91. The Morgan fingerprint density at radius 3 is 2.74 bits per heavy atom. The molecular formula is C19H21ClN2O5. The van der Waals surface area contributed by atoms with E-state index in [1.165, 1.54) is 6.42 Å². The van der Waals surface area contributed by atoms with Gasteiger partial charge in [0.15, 0.2) is 6.61 Å². The average molecular weight is 393 g/mol. The summed E-state index contributed by atoms with van der Waals surface area (Å²) in [5.41, 5.74) is 0.932. The average Bonchev–Trinajstić information content (AvgIpc) is 2.66. The Balaban J connectivity index is 1.46. The van der Waals surface area contributed by atoms with E-state index in [2.05, 4.69) is 10.6 Å². The maximum atomic E-state index is 12.1. The highest BCUT2D eigenvalue weighted by molar-refractivity contribution is 6.30. The molecule has 1 fully saturated rings. The van der Waals surface area contributed by atoms with Crippen molar-refractivity contribution in [1.82, 2.24) is 10.6 Å². The number of imide groups is 1. The molecule has 0 radical (unpaired) electrons. The molecule has 1 saturated carbocycles. The van der Waals surface area contributed by atoms with Crippen molar-refractivity contribution in [2.24, 2.45) is 0 Å². The Labute approximate surface area is 162 Å². The van der Waals surface area contributed by atoms with Gasteiger partial charge in [0.05, 0.1) is 5.57 Å². The first-order valence-corrected chi connectivity index (χ1v) is 9.29. The second-order valence-corrected chi connectivity index (χ2v) is 7.01. The van der Waals surface area contributed by atoms with Gasteiger partial charge < -0.3 is 14.8 Å². The SMILES string of the molecule is O=C(COC(=O)C1=Cc2cc(Cl)ccc2OC1)NC(=O)NC1CCCCC1. The van der Waals surface area contributed by atoms with Crippen LogP contribution >= 0.6 is 11.6 Å². The third kappa shape index (κ3) is 5.47. The van der Waals surface area contributed by atoms with Gasteiger partial charge in [-0.1, -0.05) is 30.9 Å². The summed E-state index contributed by atoms with van der Waals surface area (Å²) in [5, 5.41) is 5.46. The number of ether oxygens (including phenoxy) is 2. The van der Waals surface area contributed by atoms with Gasteiger partial charge in [0.2, 0.25) is 0 Å². The number of nitrogens with one attached hydrogen (secondary N) is 2. The minimum atomic E-state index is -0.683. The van der Waals surface area contributed by atoms with Gasteiger partial charge in [-0.05, 0) is 37.1 Å². The fourth-order valence-electron chi connectivity index (χ4n) is 3.12. The third-order valence-electron chi connectivity index (χ3n) is 4.47. The molecule has 1 heterocycles. The highest BCUT2D eigenvalue weighted by Crippen LogP contribution is 2.29. The summed E-state index contributed by atoms with van der Waals surface area (Å²) < 4.78 is 10.4. The Morgan fingerprint density at radius 1 is 1.19 bits per heavy atom. The van der Waals surface area contributed by atoms with Crippen molar-refractivity contribution in [3.63, 3.8) is 0 Å². The van der Waals surface area contributed by atoms with Crippen LogP contribution in [0.1, 0.15) is 37.7 Å². The highest BCUT2D eigenvalue weighted by atomic mass is 35.5. The van der Waals surface area contributed by atoms with Crippen LogP contribution in [0.2, 0.25) is 5.02 Å². The highest BCUT2D eigenvalue weighted by Gasteiger charge is 2.21. The summed E-state index contributed by atoms with van der Waals surface area (Å²) >= 11 is 5.93. The summed E-state index contributed by atoms with van der Waals surface area (Å²) in [6, 6.07) is 4.61. The predicted molar refractivity (Wildman–Crippen MR) is 99.4 cm³/mol. The van der Waals surface area contributed by atoms with E-state index < -0.39 is 24.5 Å². The quantitative estimate of drug-likeness (QED) is 0.768. The first-order chi connectivity index (χ1) is 13.0. The molecule has 144 valence electrons. The number of carbonyl (C=O) groups excluding carboxylic acids is 3. The normalized spacial score (nSPS) is 16.4. The molecule has 0 unspecified atom stereocenters. The smallest absolute Gasteiger partial charge is 0.338 e. The van der Waals surface area contributed by atoms with Crippen LogP contribution in [0.3, 0.4) is 0 Å². The molecule has 1 aromatic rings. The monoisotopic (exact) mass is 392 g/mol. The minimum absolute atomic E-state index is 0.0389. The second kappa shape index (κ2) is 8.90. The van der Waals surface area contributed by atoms with Crippen LogP contribution in [0.25, 0.3) is 6.08 Å². The van der Waals surface area contributed by atoms with Gasteiger partial charge in [0.25, 0.3) is 5.91 Å². The standard InChI is InChI=1S/C19H21ClN2O5/c20-14-6-7-16-12(9-14)8-13(10-26-16)18(24)27-11-17(23)22-19(25)21-15-4-2-1-3-5-15/h6-9,15H,1-5,10-11H2,(H2,21,22,23,25). The van der Waals surface area contributed by atoms with Gasteiger partial charge in [-0.3, -0.25) is 10.1 Å². The number of amides is 3. The van der Waals surface area contributed by atoms with Crippen molar-refractivity contribution in [3.8, 4) is 5.75 Å². The molecule has 0 spiro atoms. The summed E-state index contributed by atoms with van der Waals surface area (Å²) in [7, 11) is 0. The molecule has 1 aliphatic carbocycles. The Hall–Kier alpha value is -2.54. The zero-order valence-electron chi connectivity index (χ0n) is 14.8. The summed E-state index contributed by atoms with van der Waals surface area (Å²) in [6.07, 6.45) is 6.75. The molecule has 2 aliphatic rings. The lowest BCUT2D eigenvalue weighted by Crippen LogP contribution is -2.46. The Morgan fingerprint density at radius 2 is 1.96 bits per heavy atom. The zero-order valence-corrected chi connectivity index (χ0v) is 15.5. The fourth-order valence-corrected chi connectivity index (χ4v) is 3.30. The van der Waals surface area contributed by atoms with E-state index in [9.17, 15) is 14.4 Å². The van der Waals surface area contributed by atoms with Gasteiger partial charge >= 0.3 is 12.0 Å². The number of hydrogen-bond donors (Lipinski definition) is 2. The van der Waals surface area contributed by atoms with E-state index in [0.717, 1.165) is 25.7 Å². The number of esters is 1. The van der Waals surface area contributed by atoms with E-state index in [-0.39, 0.29) is 18.2 Å². The molecule has 1 aliphatic heterocycles. The van der Waals surface area contributed by atoms with Crippen LogP contribution in [0.4, 0.5) is 4.79 Å². The van der Waals surface area contributed by atoms with Gasteiger partial charge in [0.1, 0.15) is 12.4 Å². The molecule has 1 aromatic carbocycles. The van der Waals surface area contributed by atoms with E-state index >= 15 is 0 Å². The molecule has 0 atom stereocenters. The van der Waals surface area contributed by atoms with E-state index in [0.29, 0.717) is 16.3 Å². The molecule has 0 bridgehead atoms. The molecule has 2 N–H and O–H groups in total. The number of carbonyl (C=O) groups is 3. The zero-order chi connectivity index (χ0) is 19.2. The number of hydrogen-bond acceptors (Lipinski definition) is 5. The first kappa shape index (κ1) is 19.2. The Kier molecular flexibility index (Phi) is 6.34. The molecule has 3 rings (SSSR count). The lowest BCUT2D eigenvalue weighted by Gasteiger charge is -2.22. The van der Waals surface area contributed by atoms with Gasteiger partial charge in [-0.2, -0.15) is 0 Å². The molecule has 27 heavy (non-hydrogen) atoms. The van der Waals surface area contributed by atoms with E-state index in [1.54, 1.807) is 24.3 Å². The van der Waals surface area contributed by atoms with Crippen LogP contribution in [0.5, 0.6) is 5.75 Å². The van der Waals surface area contributed by atoms with Crippen molar-refractivity contribution < 1.29 is 23.9 Å². The summed E-state index contributed by atoms with van der Waals surface area (Å²) in [6.45, 7) is -0.506. The Bertz CT molecular complexity index is 771. The number of fused-ring (bicyclic) bond motifs is 1. The molecule has 0 aromatic heterocycles. The van der Waals surface area contributed by atoms with Crippen LogP contribution in [-0.2, 0) is 14.3 Å². The van der Waals surface area contributed by atoms with Crippen molar-refractivity contribution in [3.05, 3.63) is 34.4 Å². The van der Waals surface area contributed by atoms with Crippen LogP contribution in [0, 0.1) is 0 Å². The molecule has 0 saturated heterocycles. The maximum Gasteiger partial charge on any atom is 0.338 e. The van der Waals surface area contributed by atoms with Crippen molar-refractivity contribution in [2.75, 3.05) is 13.2 Å². The van der Waals surface area contributed by atoms with Crippen molar-refractivity contribution >= 4 is 35.6 Å². The van der Waals surface area contributed by atoms with Gasteiger partial charge in [-0.15, -0.1) is 0 Å². The van der Waals surface area contributed by atoms with Crippen molar-refractivity contribution in [2.45, 2.75) is 38.1 Å². The molecule has 8 heteroatoms. The van der Waals surface area contributed by atoms with E-state index in [1.807, 2.05) is 0 Å². The number of halogens is 1. The molecule has 7 nitrogen and oxygen atoms in total. The number of urea groups is 1. The van der Waals surface area contributed by atoms with Crippen molar-refractivity contribution in [1.29, 1.82) is 0 Å². The molecular weight excluding hydrogens is 372 g/mol. The summed E-state index contributed by atoms with van der Waals surface area (Å²) in [4.78, 5) is 35.7. The van der Waals surface area contributed by atoms with Crippen LogP contribution in [0.15, 0.2) is 23.8 Å². The third-order valence-corrected chi connectivity index (χ3v) is 4.71. The topological polar surface area (TPSA) is 93.7 Å². The van der Waals surface area contributed by atoms with Crippen LogP contribution < -0.4 is 15.4 Å². The van der Waals surface area contributed by atoms with Gasteiger partial charge in [0, 0.05) is 16.6 Å². The van der Waals surface area contributed by atoms with Crippen LogP contribution in [-0.4, -0.2) is 37.2 Å². The fraction of sp³-hybridized carbons (Fsp3) is 0.421. The lowest BCUT2D eigenvalue weighted by molar-refractivity contribution is -0.144. The number of benzene rings is 1. The number of rotatable bonds is 4.